The van der Waals surface area contributed by atoms with Gasteiger partial charge in [-0.05, 0) is 40.5 Å². The number of rotatable bonds is 1. The van der Waals surface area contributed by atoms with Crippen molar-refractivity contribution in [2.75, 3.05) is 11.9 Å². The highest BCUT2D eigenvalue weighted by Crippen LogP contribution is 2.30. The first-order chi connectivity index (χ1) is 10.6. The van der Waals surface area contributed by atoms with Gasteiger partial charge in [0.15, 0.2) is 5.15 Å². The number of ether oxygens (including phenoxy) is 1. The fourth-order valence-electron chi connectivity index (χ4n) is 2.43. The molecule has 0 aliphatic carbocycles. The maximum Gasteiger partial charge on any atom is 0.408 e. The molecule has 0 aromatic carbocycles. The number of nitrogens with one attached hydrogen (secondary N) is 1. The van der Waals surface area contributed by atoms with Gasteiger partial charge in [-0.25, -0.2) is 14.8 Å². The Morgan fingerprint density at radius 1 is 1.39 bits per heavy atom. The summed E-state index contributed by atoms with van der Waals surface area (Å²) < 4.78 is 5.21. The van der Waals surface area contributed by atoms with Gasteiger partial charge in [-0.2, -0.15) is 0 Å². The summed E-state index contributed by atoms with van der Waals surface area (Å²) in [6, 6.07) is -0.694. The molecule has 2 heterocycles. The minimum atomic E-state index is -0.694. The Labute approximate surface area is 140 Å². The van der Waals surface area contributed by atoms with Gasteiger partial charge < -0.3 is 15.0 Å². The number of aromatic nitrogens is 2. The van der Waals surface area contributed by atoms with Crippen molar-refractivity contribution in [2.45, 2.75) is 52.2 Å². The van der Waals surface area contributed by atoms with Gasteiger partial charge in [-0.3, -0.25) is 4.79 Å². The summed E-state index contributed by atoms with van der Waals surface area (Å²) in [5.41, 5.74) is 0.570. The molecule has 0 fully saturated rings. The predicted octanol–water partition coefficient (Wildman–Crippen LogP) is 2.24. The summed E-state index contributed by atoms with van der Waals surface area (Å²) in [5.74, 6) is 0.275. The van der Waals surface area contributed by atoms with Crippen LogP contribution in [0, 0.1) is 6.92 Å². The number of hydrogen-bond donors (Lipinski definition) is 1. The molecule has 126 valence electrons. The Morgan fingerprint density at radius 3 is 2.65 bits per heavy atom. The lowest BCUT2D eigenvalue weighted by Crippen LogP contribution is -2.48. The third-order valence-electron chi connectivity index (χ3n) is 3.35. The number of fused-ring (bicyclic) bond motifs is 1. The van der Waals surface area contributed by atoms with Crippen molar-refractivity contribution in [1.29, 1.82) is 0 Å². The number of halogens is 1. The zero-order chi connectivity index (χ0) is 17.4. The van der Waals surface area contributed by atoms with Gasteiger partial charge in [-0.15, -0.1) is 0 Å². The summed E-state index contributed by atoms with van der Waals surface area (Å²) >= 11 is 6.16. The third kappa shape index (κ3) is 4.10. The van der Waals surface area contributed by atoms with E-state index in [0.29, 0.717) is 30.0 Å². The molecule has 0 saturated carbocycles. The van der Waals surface area contributed by atoms with E-state index in [0.717, 1.165) is 0 Å². The number of anilines is 1. The fraction of sp³-hybridized carbons (Fsp3) is 0.600. The largest absolute Gasteiger partial charge is 0.444 e. The average Bonchev–Trinajstić information content (AvgIpc) is 2.48. The number of likely N-dealkylation sites (N-methyl/N-ethyl adjacent to an activating group) is 1. The van der Waals surface area contributed by atoms with E-state index in [4.69, 9.17) is 16.3 Å². The summed E-state index contributed by atoms with van der Waals surface area (Å²) in [6.45, 7) is 7.04. The average molecular weight is 341 g/mol. The highest BCUT2D eigenvalue weighted by molar-refractivity contribution is 6.32. The minimum Gasteiger partial charge on any atom is -0.444 e. The molecule has 0 saturated heterocycles. The second kappa shape index (κ2) is 6.31. The van der Waals surface area contributed by atoms with E-state index >= 15 is 0 Å². The van der Waals surface area contributed by atoms with Crippen LogP contribution in [-0.4, -0.2) is 40.7 Å². The van der Waals surface area contributed by atoms with Gasteiger partial charge in [0.05, 0.1) is 5.69 Å². The Balaban J connectivity index is 2.21. The molecule has 1 aliphatic rings. The maximum absolute atomic E-state index is 12.6. The summed E-state index contributed by atoms with van der Waals surface area (Å²) in [4.78, 5) is 34.4. The van der Waals surface area contributed by atoms with Crippen LogP contribution in [0.2, 0.25) is 5.15 Å². The van der Waals surface area contributed by atoms with Gasteiger partial charge >= 0.3 is 6.09 Å². The van der Waals surface area contributed by atoms with E-state index < -0.39 is 17.7 Å². The summed E-state index contributed by atoms with van der Waals surface area (Å²) in [7, 11) is 1.60. The zero-order valence-electron chi connectivity index (χ0n) is 13.9. The van der Waals surface area contributed by atoms with E-state index in [2.05, 4.69) is 15.3 Å². The number of nitrogens with zero attached hydrogens (tertiary/aromatic N) is 3. The van der Waals surface area contributed by atoms with Crippen molar-refractivity contribution in [3.05, 3.63) is 16.7 Å². The number of carbonyl (C=O) groups is 2. The molecule has 1 aliphatic heterocycles. The molecule has 1 N–H and O–H groups in total. The smallest absolute Gasteiger partial charge is 0.408 e. The van der Waals surface area contributed by atoms with Gasteiger partial charge in [0, 0.05) is 7.05 Å². The lowest BCUT2D eigenvalue weighted by molar-refractivity contribution is -0.120. The highest BCUT2D eigenvalue weighted by atomic mass is 35.5. The fourth-order valence-corrected chi connectivity index (χ4v) is 2.78. The van der Waals surface area contributed by atoms with Gasteiger partial charge in [0.25, 0.3) is 0 Å². The first-order valence-electron chi connectivity index (χ1n) is 7.38. The molecule has 0 unspecified atom stereocenters. The molecule has 0 spiro atoms. The van der Waals surface area contributed by atoms with Crippen LogP contribution in [0.4, 0.5) is 10.5 Å². The number of hydrogen-bond acceptors (Lipinski definition) is 5. The molecule has 0 radical (unpaired) electrons. The molecule has 2 amide bonds. The topological polar surface area (TPSA) is 84.4 Å². The molecule has 23 heavy (non-hydrogen) atoms. The molecular weight excluding hydrogens is 320 g/mol. The first kappa shape index (κ1) is 17.5. The lowest BCUT2D eigenvalue weighted by atomic mass is 10.1. The molecule has 0 bridgehead atoms. The van der Waals surface area contributed by atoms with Crippen LogP contribution in [0.1, 0.15) is 38.7 Å². The maximum atomic E-state index is 12.6. The molecule has 1 aromatic heterocycles. The number of alkyl carbamates (subject to hydrolysis) is 1. The van der Waals surface area contributed by atoms with Gasteiger partial charge in [0.1, 0.15) is 23.2 Å². The molecule has 1 aromatic rings. The Morgan fingerprint density at radius 2 is 2.04 bits per heavy atom. The van der Waals surface area contributed by atoms with Crippen LogP contribution in [0.15, 0.2) is 0 Å². The number of carbonyl (C=O) groups excluding carboxylic acids is 2. The lowest BCUT2D eigenvalue weighted by Gasteiger charge is -2.24. The van der Waals surface area contributed by atoms with Crippen molar-refractivity contribution in [2.24, 2.45) is 0 Å². The minimum absolute atomic E-state index is 0.237. The second-order valence-corrected chi connectivity index (χ2v) is 6.85. The summed E-state index contributed by atoms with van der Waals surface area (Å²) in [5, 5.41) is 2.86. The van der Waals surface area contributed by atoms with Crippen molar-refractivity contribution in [3.8, 4) is 0 Å². The van der Waals surface area contributed by atoms with Crippen molar-refractivity contribution in [3.63, 3.8) is 0 Å². The summed E-state index contributed by atoms with van der Waals surface area (Å²) in [6.07, 6.45) is 0.306. The van der Waals surface area contributed by atoms with Crippen LogP contribution in [0.5, 0.6) is 0 Å². The quantitative estimate of drug-likeness (QED) is 0.792. The van der Waals surface area contributed by atoms with Crippen LogP contribution >= 0.6 is 11.6 Å². The van der Waals surface area contributed by atoms with E-state index in [9.17, 15) is 9.59 Å². The Hall–Kier alpha value is -1.89. The van der Waals surface area contributed by atoms with Gasteiger partial charge in [-0.1, -0.05) is 11.6 Å². The van der Waals surface area contributed by atoms with Crippen LogP contribution < -0.4 is 10.2 Å². The van der Waals surface area contributed by atoms with E-state index in [1.165, 1.54) is 4.90 Å². The van der Waals surface area contributed by atoms with Crippen molar-refractivity contribution >= 4 is 29.3 Å². The molecule has 7 nitrogen and oxygen atoms in total. The predicted molar refractivity (Wildman–Crippen MR) is 86.7 cm³/mol. The monoisotopic (exact) mass is 340 g/mol. The zero-order valence-corrected chi connectivity index (χ0v) is 14.7. The van der Waals surface area contributed by atoms with Crippen molar-refractivity contribution in [1.82, 2.24) is 15.3 Å². The van der Waals surface area contributed by atoms with E-state index in [1.54, 1.807) is 34.7 Å². The second-order valence-electron chi connectivity index (χ2n) is 6.49. The third-order valence-corrected chi connectivity index (χ3v) is 3.61. The normalized spacial score (nSPS) is 18.3. The van der Waals surface area contributed by atoms with Crippen molar-refractivity contribution < 1.29 is 14.3 Å². The van der Waals surface area contributed by atoms with Crippen LogP contribution in [0.3, 0.4) is 0 Å². The van der Waals surface area contributed by atoms with Gasteiger partial charge in [0.2, 0.25) is 5.91 Å². The number of aryl methyl sites for hydroxylation is 2. The molecule has 1 atom stereocenters. The molecule has 2 rings (SSSR count). The first-order valence-corrected chi connectivity index (χ1v) is 7.76. The molecule has 8 heteroatoms. The SMILES string of the molecule is Cc1nc(Cl)c2c(n1)CC[C@H](NC(=O)OC(C)(C)C)C(=O)N2C. The van der Waals surface area contributed by atoms with Crippen LogP contribution in [-0.2, 0) is 16.0 Å². The van der Waals surface area contributed by atoms with E-state index in [-0.39, 0.29) is 11.1 Å². The molecular formula is C15H21ClN4O3. The standard InChI is InChI=1S/C15H21ClN4O3/c1-8-17-9-6-7-10(19-14(22)23-15(2,3)4)13(21)20(5)11(9)12(16)18-8/h10H,6-7H2,1-5H3,(H,19,22)/t10-/m0/s1. The Kier molecular flexibility index (Phi) is 4.79. The number of amides is 2. The van der Waals surface area contributed by atoms with Crippen LogP contribution in [0.25, 0.3) is 0 Å². The highest BCUT2D eigenvalue weighted by Gasteiger charge is 2.33. The Bertz CT molecular complexity index is 642. The van der Waals surface area contributed by atoms with E-state index in [1.807, 2.05) is 0 Å².